The van der Waals surface area contributed by atoms with Gasteiger partial charge < -0.3 is 26.4 Å². The zero-order valence-electron chi connectivity index (χ0n) is 28.7. The molecule has 0 bridgehead atoms. The number of aliphatic carboxylic acids is 1. The van der Waals surface area contributed by atoms with E-state index in [9.17, 15) is 19.5 Å². The number of tetrazole rings is 1. The van der Waals surface area contributed by atoms with Crippen LogP contribution >= 0.6 is 34.9 Å². The van der Waals surface area contributed by atoms with Crippen LogP contribution in [-0.4, -0.2) is 88.3 Å². The van der Waals surface area contributed by atoms with E-state index in [2.05, 4.69) is 67.7 Å². The van der Waals surface area contributed by atoms with E-state index >= 15 is 0 Å². The van der Waals surface area contributed by atoms with E-state index in [4.69, 9.17) is 15.7 Å². The first-order valence-electron chi connectivity index (χ1n) is 16.8. The van der Waals surface area contributed by atoms with Gasteiger partial charge in [-0.25, -0.2) is 9.78 Å². The normalized spacial score (nSPS) is 17.1. The van der Waals surface area contributed by atoms with Gasteiger partial charge in [-0.1, -0.05) is 120 Å². The molecule has 0 saturated carbocycles. The van der Waals surface area contributed by atoms with Gasteiger partial charge in [0, 0.05) is 16.9 Å². The summed E-state index contributed by atoms with van der Waals surface area (Å²) in [6, 6.07) is 29.1. The van der Waals surface area contributed by atoms with E-state index in [0.717, 1.165) is 33.2 Å². The standard InChI is InChI=1S/C36H34N10O5S3/c1-2-18-51-42-27(30(47)39-28-31(48)45-29(33(49)50)22(19-52-32(28)45)20-54-35-41-43-44-46(35)37)26-21-53-34(38-26)40-36(23-12-6-3-7-13-23,24-14-8-4-9-15-24)25-16-10-5-11-17-25/h3-17,21,28,32H,2,18-20,37H2,1H3,(H,38,40)(H,39,47)(H,49,50)/b42-27-/t28-,32-/m1/s1. The Bertz CT molecular complexity index is 2100. The first kappa shape index (κ1) is 36.6. The molecule has 0 unspecified atom stereocenters. The fraction of sp³-hybridized carbons (Fsp3) is 0.222. The summed E-state index contributed by atoms with van der Waals surface area (Å²) in [5, 5.41) is 33.5. The van der Waals surface area contributed by atoms with Gasteiger partial charge in [-0.15, -0.1) is 27.9 Å². The smallest absolute Gasteiger partial charge is 0.352 e. The lowest BCUT2D eigenvalue weighted by atomic mass is 9.77. The summed E-state index contributed by atoms with van der Waals surface area (Å²) in [6.45, 7) is 2.17. The molecular weight excluding hydrogens is 749 g/mol. The van der Waals surface area contributed by atoms with Crippen molar-refractivity contribution in [3.8, 4) is 0 Å². The van der Waals surface area contributed by atoms with E-state index in [1.807, 2.05) is 61.5 Å². The minimum Gasteiger partial charge on any atom is -0.477 e. The number of β-lactam (4-membered cyclic amide) rings is 1. The lowest BCUT2D eigenvalue weighted by Crippen LogP contribution is -2.71. The number of carboxylic acids is 1. The number of aromatic nitrogens is 5. The Kier molecular flexibility index (Phi) is 10.9. The summed E-state index contributed by atoms with van der Waals surface area (Å²) in [5.41, 5.74) is 2.57. The molecule has 54 heavy (non-hydrogen) atoms. The predicted molar refractivity (Wildman–Crippen MR) is 206 cm³/mol. The molecule has 1 fully saturated rings. The topological polar surface area (TPSA) is 203 Å². The second kappa shape index (κ2) is 16.1. The lowest BCUT2D eigenvalue weighted by molar-refractivity contribution is -0.150. The molecule has 3 aromatic carbocycles. The number of nitrogens with two attached hydrogens (primary N) is 1. The number of nitrogens with zero attached hydrogens (tertiary/aromatic N) is 7. The Hall–Kier alpha value is -5.72. The van der Waals surface area contributed by atoms with Crippen LogP contribution in [-0.2, 0) is 24.8 Å². The second-order valence-electron chi connectivity index (χ2n) is 12.1. The largest absolute Gasteiger partial charge is 0.477 e. The van der Waals surface area contributed by atoms with Crippen molar-refractivity contribution < 1.29 is 24.3 Å². The highest BCUT2D eigenvalue weighted by Gasteiger charge is 2.54. The van der Waals surface area contributed by atoms with Gasteiger partial charge in [-0.2, -0.15) is 0 Å². The number of nitrogen functional groups attached to an aromatic ring is 1. The number of anilines is 1. The van der Waals surface area contributed by atoms with Gasteiger partial charge in [0.05, 0.1) is 0 Å². The molecule has 4 heterocycles. The third-order valence-corrected chi connectivity index (χ3v) is 11.8. The zero-order chi connectivity index (χ0) is 37.7. The van der Waals surface area contributed by atoms with Gasteiger partial charge in [0.25, 0.3) is 11.8 Å². The molecule has 5 aromatic rings. The third kappa shape index (κ3) is 7.14. The van der Waals surface area contributed by atoms with Gasteiger partial charge in [-0.3, -0.25) is 14.5 Å². The van der Waals surface area contributed by atoms with E-state index in [1.54, 1.807) is 5.38 Å². The Labute approximate surface area is 322 Å². The van der Waals surface area contributed by atoms with Crippen molar-refractivity contribution in [2.75, 3.05) is 29.3 Å². The summed E-state index contributed by atoms with van der Waals surface area (Å²) in [7, 11) is 0. The fourth-order valence-corrected chi connectivity index (χ4v) is 9.25. The molecular formula is C36H34N10O5S3. The molecule has 2 aliphatic heterocycles. The van der Waals surface area contributed by atoms with Crippen molar-refractivity contribution >= 4 is 63.5 Å². The van der Waals surface area contributed by atoms with Gasteiger partial charge in [0.2, 0.25) is 5.16 Å². The monoisotopic (exact) mass is 782 g/mol. The van der Waals surface area contributed by atoms with Crippen LogP contribution in [0.3, 0.4) is 0 Å². The highest BCUT2D eigenvalue weighted by molar-refractivity contribution is 8.01. The minimum absolute atomic E-state index is 0.116. The number of carbonyl (C=O) groups excluding carboxylic acids is 2. The Balaban J connectivity index is 1.15. The number of nitrogens with one attached hydrogen (secondary N) is 2. The molecule has 2 amide bonds. The summed E-state index contributed by atoms with van der Waals surface area (Å²) < 4.78 is 0. The molecule has 18 heteroatoms. The number of oxime groups is 1. The highest BCUT2D eigenvalue weighted by Crippen LogP contribution is 2.42. The van der Waals surface area contributed by atoms with Gasteiger partial charge >= 0.3 is 5.97 Å². The first-order valence-corrected chi connectivity index (χ1v) is 19.7. The third-order valence-electron chi connectivity index (χ3n) is 8.70. The summed E-state index contributed by atoms with van der Waals surface area (Å²) >= 11 is 3.79. The average molecular weight is 783 g/mol. The molecule has 276 valence electrons. The summed E-state index contributed by atoms with van der Waals surface area (Å²) in [4.78, 5) is 52.4. The van der Waals surface area contributed by atoms with Crippen molar-refractivity contribution in [1.29, 1.82) is 0 Å². The van der Waals surface area contributed by atoms with Crippen LogP contribution in [0, 0.1) is 0 Å². The number of hydrogen-bond acceptors (Lipinski definition) is 14. The Morgan fingerprint density at radius 1 is 1.04 bits per heavy atom. The lowest BCUT2D eigenvalue weighted by Gasteiger charge is -2.49. The first-order chi connectivity index (χ1) is 26.3. The molecule has 2 aliphatic rings. The number of benzene rings is 3. The van der Waals surface area contributed by atoms with Crippen molar-refractivity contribution in [3.05, 3.63) is 130 Å². The maximum atomic E-state index is 13.9. The molecule has 5 N–H and O–H groups in total. The summed E-state index contributed by atoms with van der Waals surface area (Å²) in [5.74, 6) is 3.70. The number of rotatable bonds is 15. The maximum absolute atomic E-state index is 13.9. The highest BCUT2D eigenvalue weighted by atomic mass is 32.2. The molecule has 15 nitrogen and oxygen atoms in total. The van der Waals surface area contributed by atoms with Crippen LogP contribution < -0.4 is 16.5 Å². The SMILES string of the molecule is CCCO/N=C(\C(=O)N[C@@H]1C(=O)N2C(C(=O)O)=C(CSc3nnnn3N)CS[C@H]12)c1csc(NC(c2ccccc2)(c2ccccc2)c2ccccc2)n1. The van der Waals surface area contributed by atoms with Crippen LogP contribution in [0.25, 0.3) is 0 Å². The quantitative estimate of drug-likeness (QED) is 0.0227. The van der Waals surface area contributed by atoms with Crippen LogP contribution in [0.2, 0.25) is 0 Å². The van der Waals surface area contributed by atoms with Crippen molar-refractivity contribution in [3.63, 3.8) is 0 Å². The van der Waals surface area contributed by atoms with E-state index in [1.165, 1.54) is 28.0 Å². The number of thioether (sulfide) groups is 2. The minimum atomic E-state index is -1.25. The number of hydrogen-bond donors (Lipinski definition) is 4. The summed E-state index contributed by atoms with van der Waals surface area (Å²) in [6.07, 6.45) is 0.649. The maximum Gasteiger partial charge on any atom is 0.352 e. The van der Waals surface area contributed by atoms with E-state index in [0.29, 0.717) is 28.0 Å². The molecule has 0 aliphatic carbocycles. The van der Waals surface area contributed by atoms with Crippen LogP contribution in [0.15, 0.2) is 118 Å². The average Bonchev–Trinajstić information content (AvgIpc) is 3.85. The fourth-order valence-electron chi connectivity index (χ4n) is 6.22. The van der Waals surface area contributed by atoms with Crippen molar-refractivity contribution in [1.82, 2.24) is 35.5 Å². The number of thiazole rings is 1. The predicted octanol–water partition coefficient (Wildman–Crippen LogP) is 3.91. The Morgan fingerprint density at radius 3 is 2.22 bits per heavy atom. The van der Waals surface area contributed by atoms with E-state index < -0.39 is 34.7 Å². The Morgan fingerprint density at radius 2 is 1.67 bits per heavy atom. The number of fused-ring (bicyclic) bond motifs is 1. The molecule has 0 spiro atoms. The molecule has 7 rings (SSSR count). The molecule has 2 atom stereocenters. The van der Waals surface area contributed by atoms with Gasteiger partial charge in [-0.05, 0) is 39.1 Å². The van der Waals surface area contributed by atoms with Crippen LogP contribution in [0.1, 0.15) is 35.7 Å². The van der Waals surface area contributed by atoms with Gasteiger partial charge in [0.1, 0.15) is 35.0 Å². The molecule has 2 aromatic heterocycles. The zero-order valence-corrected chi connectivity index (χ0v) is 31.2. The van der Waals surface area contributed by atoms with Crippen LogP contribution in [0.4, 0.5) is 5.13 Å². The van der Waals surface area contributed by atoms with E-state index in [-0.39, 0.29) is 29.5 Å². The molecule has 1 saturated heterocycles. The van der Waals surface area contributed by atoms with Crippen molar-refractivity contribution in [2.45, 2.75) is 35.5 Å². The van der Waals surface area contributed by atoms with Gasteiger partial charge in [0.15, 0.2) is 10.8 Å². The second-order valence-corrected chi connectivity index (χ2v) is 15.0. The molecule has 0 radical (unpaired) electrons. The number of amides is 2. The number of carbonyl (C=O) groups is 3. The van der Waals surface area contributed by atoms with Crippen molar-refractivity contribution in [2.24, 2.45) is 5.16 Å². The number of carboxylic acid groups (broad SMARTS) is 1. The van der Waals surface area contributed by atoms with Crippen LogP contribution in [0.5, 0.6) is 0 Å².